The number of nitrogens with one attached hydrogen (secondary N) is 1. The fourth-order valence-corrected chi connectivity index (χ4v) is 6.01. The first-order valence-electron chi connectivity index (χ1n) is 11.4. The molecule has 1 amide bonds. The van der Waals surface area contributed by atoms with E-state index in [1.807, 2.05) is 48.1 Å². The van der Waals surface area contributed by atoms with Gasteiger partial charge in [0.05, 0.1) is 25.0 Å². The first kappa shape index (κ1) is 24.1. The van der Waals surface area contributed by atoms with E-state index in [-0.39, 0.29) is 23.3 Å². The van der Waals surface area contributed by atoms with Gasteiger partial charge in [-0.2, -0.15) is 4.31 Å². The second kappa shape index (κ2) is 10.1. The molecule has 0 radical (unpaired) electrons. The smallest absolute Gasteiger partial charge is 0.243 e. The van der Waals surface area contributed by atoms with Gasteiger partial charge in [0.2, 0.25) is 15.9 Å². The summed E-state index contributed by atoms with van der Waals surface area (Å²) in [4.78, 5) is 13.1. The van der Waals surface area contributed by atoms with Crippen LogP contribution in [0.25, 0.3) is 10.9 Å². The fourth-order valence-electron chi connectivity index (χ4n) is 4.45. The number of ether oxygens (including phenoxy) is 2. The third kappa shape index (κ3) is 4.90. The molecule has 1 aliphatic heterocycles. The minimum atomic E-state index is -3.67. The highest BCUT2D eigenvalue weighted by Gasteiger charge is 2.33. The van der Waals surface area contributed by atoms with Gasteiger partial charge in [0.15, 0.2) is 11.5 Å². The summed E-state index contributed by atoms with van der Waals surface area (Å²) < 4.78 is 40.5. The first-order valence-corrected chi connectivity index (χ1v) is 12.8. The van der Waals surface area contributed by atoms with Gasteiger partial charge in [0.1, 0.15) is 0 Å². The van der Waals surface area contributed by atoms with Gasteiger partial charge in [0, 0.05) is 43.8 Å². The lowest BCUT2D eigenvalue weighted by Gasteiger charge is -2.31. The molecular weight excluding hydrogens is 454 g/mol. The molecular formula is C25H31N3O5S. The van der Waals surface area contributed by atoms with Crippen LogP contribution in [-0.2, 0) is 28.3 Å². The number of sulfonamides is 1. The molecule has 9 heteroatoms. The summed E-state index contributed by atoms with van der Waals surface area (Å²) in [7, 11) is 1.43. The summed E-state index contributed by atoms with van der Waals surface area (Å²) in [5.41, 5.74) is 1.99. The molecule has 2 aromatic carbocycles. The number of aromatic nitrogens is 1. The number of nitrogens with zero attached hydrogens (tertiary/aromatic N) is 2. The number of piperidine rings is 1. The number of rotatable bonds is 8. The van der Waals surface area contributed by atoms with Gasteiger partial charge < -0.3 is 19.4 Å². The van der Waals surface area contributed by atoms with E-state index in [4.69, 9.17) is 9.47 Å². The zero-order valence-corrected chi connectivity index (χ0v) is 20.6. The van der Waals surface area contributed by atoms with Gasteiger partial charge >= 0.3 is 0 Å². The Morgan fingerprint density at radius 3 is 2.65 bits per heavy atom. The second-order valence-electron chi connectivity index (χ2n) is 8.58. The standard InChI is InChI=1S/C25H31N3O5S/c1-27-14-11-19-16-21(7-8-22(19)27)34(30,31)28-13-4-5-20(17-28)25(29)26-12-10-18-6-9-23(32-2)24(15-18)33-3/h6-9,11,14-16,20H,4-5,10,12-13,17H2,1-3H3,(H,26,29)/t20-/m1/s1. The summed E-state index contributed by atoms with van der Waals surface area (Å²) in [6.07, 6.45) is 3.87. The number of carbonyl (C=O) groups is 1. The lowest BCUT2D eigenvalue weighted by Crippen LogP contribution is -2.45. The average Bonchev–Trinajstić information content (AvgIpc) is 3.23. The van der Waals surface area contributed by atoms with Crippen LogP contribution in [0.2, 0.25) is 0 Å². The molecule has 1 atom stereocenters. The van der Waals surface area contributed by atoms with E-state index in [9.17, 15) is 13.2 Å². The Hall–Kier alpha value is -3.04. The van der Waals surface area contributed by atoms with Crippen LogP contribution in [0.1, 0.15) is 18.4 Å². The highest BCUT2D eigenvalue weighted by atomic mass is 32.2. The monoisotopic (exact) mass is 485 g/mol. The first-order chi connectivity index (χ1) is 16.3. The Kier molecular flexibility index (Phi) is 7.13. The highest BCUT2D eigenvalue weighted by molar-refractivity contribution is 7.89. The topological polar surface area (TPSA) is 89.9 Å². The van der Waals surface area contributed by atoms with Crippen LogP contribution in [0.15, 0.2) is 53.6 Å². The van der Waals surface area contributed by atoms with E-state index in [0.29, 0.717) is 43.9 Å². The van der Waals surface area contributed by atoms with Crippen LogP contribution in [0, 0.1) is 5.92 Å². The van der Waals surface area contributed by atoms with Crippen LogP contribution >= 0.6 is 0 Å². The van der Waals surface area contributed by atoms with E-state index in [1.54, 1.807) is 26.4 Å². The van der Waals surface area contributed by atoms with Gasteiger partial charge in [-0.1, -0.05) is 6.07 Å². The van der Waals surface area contributed by atoms with E-state index < -0.39 is 10.0 Å². The second-order valence-corrected chi connectivity index (χ2v) is 10.5. The zero-order valence-electron chi connectivity index (χ0n) is 19.8. The molecule has 34 heavy (non-hydrogen) atoms. The van der Waals surface area contributed by atoms with E-state index in [0.717, 1.165) is 16.5 Å². The van der Waals surface area contributed by atoms with Crippen molar-refractivity contribution in [3.05, 3.63) is 54.2 Å². The highest BCUT2D eigenvalue weighted by Crippen LogP contribution is 2.28. The SMILES string of the molecule is COc1ccc(CCNC(=O)[C@@H]2CCCN(S(=O)(=O)c3ccc4c(ccn4C)c3)C2)cc1OC. The Morgan fingerprint density at radius 1 is 1.09 bits per heavy atom. The molecule has 0 unspecified atom stereocenters. The molecule has 0 saturated carbocycles. The molecule has 1 aromatic heterocycles. The third-order valence-electron chi connectivity index (χ3n) is 6.41. The van der Waals surface area contributed by atoms with Gasteiger partial charge in [-0.05, 0) is 61.2 Å². The number of benzene rings is 2. The maximum Gasteiger partial charge on any atom is 0.243 e. The lowest BCUT2D eigenvalue weighted by molar-refractivity contribution is -0.126. The number of amides is 1. The van der Waals surface area contributed by atoms with E-state index >= 15 is 0 Å². The minimum Gasteiger partial charge on any atom is -0.493 e. The van der Waals surface area contributed by atoms with E-state index in [1.165, 1.54) is 4.31 Å². The largest absolute Gasteiger partial charge is 0.493 e. The van der Waals surface area contributed by atoms with Crippen molar-refractivity contribution >= 4 is 26.8 Å². The summed E-state index contributed by atoms with van der Waals surface area (Å²) >= 11 is 0. The minimum absolute atomic E-state index is 0.112. The number of carbonyl (C=O) groups excluding carboxylic acids is 1. The fraction of sp³-hybridized carbons (Fsp3) is 0.400. The molecule has 1 N–H and O–H groups in total. The normalized spacial score (nSPS) is 17.0. The molecule has 4 rings (SSSR count). The molecule has 3 aromatic rings. The summed E-state index contributed by atoms with van der Waals surface area (Å²) in [6.45, 7) is 1.07. The molecule has 182 valence electrons. The third-order valence-corrected chi connectivity index (χ3v) is 8.27. The number of aryl methyl sites for hydroxylation is 1. The molecule has 0 spiro atoms. The number of fused-ring (bicyclic) bond motifs is 1. The molecule has 1 aliphatic rings. The molecule has 1 saturated heterocycles. The van der Waals surface area contributed by atoms with Crippen molar-refractivity contribution in [2.24, 2.45) is 13.0 Å². The van der Waals surface area contributed by atoms with Crippen LogP contribution < -0.4 is 14.8 Å². The number of methoxy groups -OCH3 is 2. The Balaban J connectivity index is 1.37. The number of hydrogen-bond donors (Lipinski definition) is 1. The zero-order chi connectivity index (χ0) is 24.3. The van der Waals surface area contributed by atoms with E-state index in [2.05, 4.69) is 5.32 Å². The van der Waals surface area contributed by atoms with Crippen molar-refractivity contribution in [2.75, 3.05) is 33.9 Å². The van der Waals surface area contributed by atoms with Gasteiger partial charge in [-0.25, -0.2) is 8.42 Å². The van der Waals surface area contributed by atoms with Crippen LogP contribution in [0.3, 0.4) is 0 Å². The quantitative estimate of drug-likeness (QED) is 0.530. The van der Waals surface area contributed by atoms with Crippen molar-refractivity contribution in [3.8, 4) is 11.5 Å². The van der Waals surface area contributed by atoms with Crippen molar-refractivity contribution < 1.29 is 22.7 Å². The predicted octanol–water partition coefficient (Wildman–Crippen LogP) is 2.96. The molecule has 8 nitrogen and oxygen atoms in total. The molecule has 1 fully saturated rings. The number of hydrogen-bond acceptors (Lipinski definition) is 5. The predicted molar refractivity (Wildman–Crippen MR) is 131 cm³/mol. The van der Waals surface area contributed by atoms with Crippen molar-refractivity contribution in [1.82, 2.24) is 14.2 Å². The summed E-state index contributed by atoms with van der Waals surface area (Å²) in [5.74, 6) is 0.826. The summed E-state index contributed by atoms with van der Waals surface area (Å²) in [6, 6.07) is 12.7. The van der Waals surface area contributed by atoms with Crippen LogP contribution in [0.4, 0.5) is 0 Å². The van der Waals surface area contributed by atoms with Crippen molar-refractivity contribution in [3.63, 3.8) is 0 Å². The maximum atomic E-state index is 13.3. The maximum absolute atomic E-state index is 13.3. The van der Waals surface area contributed by atoms with Gasteiger partial charge in [0.25, 0.3) is 0 Å². The Morgan fingerprint density at radius 2 is 1.88 bits per heavy atom. The van der Waals surface area contributed by atoms with Gasteiger partial charge in [-0.15, -0.1) is 0 Å². The molecule has 2 heterocycles. The Labute approximate surface area is 200 Å². The molecule has 0 bridgehead atoms. The van der Waals surface area contributed by atoms with Crippen LogP contribution in [-0.4, -0.2) is 57.1 Å². The van der Waals surface area contributed by atoms with Gasteiger partial charge in [-0.3, -0.25) is 4.79 Å². The summed E-state index contributed by atoms with van der Waals surface area (Å²) in [5, 5.41) is 3.85. The molecule has 0 aliphatic carbocycles. The average molecular weight is 486 g/mol. The van der Waals surface area contributed by atoms with Crippen LogP contribution in [0.5, 0.6) is 11.5 Å². The van der Waals surface area contributed by atoms with Crippen molar-refractivity contribution in [2.45, 2.75) is 24.2 Å². The van der Waals surface area contributed by atoms with Crippen molar-refractivity contribution in [1.29, 1.82) is 0 Å². The Bertz CT molecular complexity index is 1280. The lowest BCUT2D eigenvalue weighted by atomic mass is 9.99.